The second kappa shape index (κ2) is 24.3. The van der Waals surface area contributed by atoms with Crippen LogP contribution in [0.25, 0.3) is 11.1 Å². The monoisotopic (exact) mass is 612 g/mol. The molecule has 0 N–H and O–H groups in total. The fourth-order valence-electron chi connectivity index (χ4n) is 5.77. The minimum Gasteiger partial charge on any atom is -0.348 e. The van der Waals surface area contributed by atoms with Gasteiger partial charge < -0.3 is 5.53 Å². The van der Waals surface area contributed by atoms with Crippen LogP contribution in [0.3, 0.4) is 0 Å². The minimum absolute atomic E-state index is 0. The van der Waals surface area contributed by atoms with E-state index in [2.05, 4.69) is 86.9 Å². The van der Waals surface area contributed by atoms with E-state index in [0.29, 0.717) is 0 Å². The largest absolute Gasteiger partial charge is 0.348 e. The van der Waals surface area contributed by atoms with Gasteiger partial charge in [0.05, 0.1) is 5.57 Å². The summed E-state index contributed by atoms with van der Waals surface area (Å²) in [6.07, 6.45) is 22.8. The molecular weight excluding hydrogens is 555 g/mol. The first-order valence-corrected chi connectivity index (χ1v) is 17.1. The average Bonchev–Trinajstić information content (AvgIpc) is 2.99. The Labute approximate surface area is 269 Å². The van der Waals surface area contributed by atoms with Crippen LogP contribution in [-0.2, 0) is 29.3 Å². The van der Waals surface area contributed by atoms with Gasteiger partial charge in [0.25, 0.3) is 0 Å². The maximum absolute atomic E-state index is 9.70. The van der Waals surface area contributed by atoms with Gasteiger partial charge in [0.15, 0.2) is 0 Å². The number of hydrogen-bond donors (Lipinski definition) is 0. The third-order valence-corrected chi connectivity index (χ3v) is 8.26. The first-order chi connectivity index (χ1) is 20.2. The van der Waals surface area contributed by atoms with Gasteiger partial charge in [-0.25, -0.2) is 0 Å². The van der Waals surface area contributed by atoms with Crippen molar-refractivity contribution < 1.29 is 21.3 Å². The van der Waals surface area contributed by atoms with Gasteiger partial charge in [-0.15, -0.1) is 4.79 Å². The molecule has 0 aliphatic rings. The van der Waals surface area contributed by atoms with Crippen molar-refractivity contribution in [2.75, 3.05) is 0 Å². The van der Waals surface area contributed by atoms with Crippen LogP contribution >= 0.6 is 0 Å². The molecule has 2 rings (SSSR count). The molecule has 42 heavy (non-hydrogen) atoms. The van der Waals surface area contributed by atoms with Crippen molar-refractivity contribution in [3.63, 3.8) is 0 Å². The Bertz CT molecular complexity index is 1100. The number of allylic oxidation sites excluding steroid dienone is 2. The van der Waals surface area contributed by atoms with Crippen LogP contribution in [0.5, 0.6) is 0 Å². The van der Waals surface area contributed by atoms with Gasteiger partial charge >= 0.3 is 5.87 Å². The molecule has 0 saturated heterocycles. The van der Waals surface area contributed by atoms with Crippen molar-refractivity contribution >= 4 is 11.4 Å². The predicted molar refractivity (Wildman–Crippen MR) is 180 cm³/mol. The second-order valence-electron chi connectivity index (χ2n) is 11.8. The summed E-state index contributed by atoms with van der Waals surface area (Å²) in [5.41, 5.74) is 18.8. The molecular formula is C39H58N2Ni. The molecule has 0 aliphatic heterocycles. The number of benzene rings is 2. The number of aryl methyl sites for hydroxylation is 2. The van der Waals surface area contributed by atoms with Gasteiger partial charge in [-0.05, 0) is 84.8 Å². The van der Waals surface area contributed by atoms with Crippen molar-refractivity contribution in [3.8, 4) is 0 Å². The molecule has 3 heteroatoms. The van der Waals surface area contributed by atoms with E-state index in [1.807, 2.05) is 0 Å². The van der Waals surface area contributed by atoms with Gasteiger partial charge in [0.2, 0.25) is 0 Å². The van der Waals surface area contributed by atoms with Crippen molar-refractivity contribution in [2.45, 2.75) is 150 Å². The van der Waals surface area contributed by atoms with E-state index >= 15 is 0 Å². The maximum Gasteiger partial charge on any atom is 0.303 e. The zero-order chi connectivity index (χ0) is 29.5. The van der Waals surface area contributed by atoms with E-state index in [-0.39, 0.29) is 16.5 Å². The SMILES string of the molecule is CCCCCCCCC(=C=[N+]=[N-])C(CCCC)=C(c1ccc(CCCCC)cc1)c1cccc(CCCCCC)c1.[Ni]. The summed E-state index contributed by atoms with van der Waals surface area (Å²) in [5, 5.41) is 0. The molecule has 0 bridgehead atoms. The maximum atomic E-state index is 9.70. The van der Waals surface area contributed by atoms with Crippen molar-refractivity contribution in [2.24, 2.45) is 0 Å². The van der Waals surface area contributed by atoms with E-state index in [1.165, 1.54) is 110 Å². The fraction of sp³-hybridized carbons (Fsp3) is 0.590. The van der Waals surface area contributed by atoms with Crippen LogP contribution in [0.15, 0.2) is 59.7 Å². The predicted octanol–water partition coefficient (Wildman–Crippen LogP) is 12.1. The summed E-state index contributed by atoms with van der Waals surface area (Å²) in [6, 6.07) is 18.5. The number of hydrogen-bond acceptors (Lipinski definition) is 0. The Balaban J connectivity index is 0.00000882. The summed E-state index contributed by atoms with van der Waals surface area (Å²) in [7, 11) is 0. The molecule has 0 amide bonds. The zero-order valence-corrected chi connectivity index (χ0v) is 28.3. The molecule has 2 aromatic rings. The molecule has 2 nitrogen and oxygen atoms in total. The number of unbranched alkanes of at least 4 members (excludes halogenated alkanes) is 11. The van der Waals surface area contributed by atoms with Gasteiger partial charge in [-0.3, -0.25) is 0 Å². The Hall–Kier alpha value is -2.17. The molecule has 2 aromatic carbocycles. The molecule has 0 unspecified atom stereocenters. The molecule has 0 aromatic heterocycles. The van der Waals surface area contributed by atoms with Gasteiger partial charge in [0, 0.05) is 16.5 Å². The Morgan fingerprint density at radius 2 is 1.17 bits per heavy atom. The van der Waals surface area contributed by atoms with Crippen LogP contribution < -0.4 is 0 Å². The standard InChI is InChI=1S/C39H58N2.Ni/c1-5-9-13-15-16-19-24-37(32-41-40)38(26-12-8-4)39(35-29-27-33(28-30-35)21-17-11-7-3)36-25-20-23-34(31-36)22-18-14-10-6-2;/h20,23,25,27-31H,5-19,21-22,24,26H2,1-4H3;. The summed E-state index contributed by atoms with van der Waals surface area (Å²) < 4.78 is 0. The van der Waals surface area contributed by atoms with Crippen LogP contribution in [0, 0.1) is 0 Å². The zero-order valence-electron chi connectivity index (χ0n) is 27.3. The summed E-state index contributed by atoms with van der Waals surface area (Å²) >= 11 is 0. The van der Waals surface area contributed by atoms with E-state index in [9.17, 15) is 5.53 Å². The first kappa shape index (κ1) is 37.9. The summed E-state index contributed by atoms with van der Waals surface area (Å²) in [4.78, 5) is 3.47. The number of nitrogens with zero attached hydrogens (tertiary/aromatic N) is 2. The average molecular weight is 614 g/mol. The fourth-order valence-corrected chi connectivity index (χ4v) is 5.77. The van der Waals surface area contributed by atoms with Gasteiger partial charge in [0.1, 0.15) is 0 Å². The molecule has 0 saturated carbocycles. The van der Waals surface area contributed by atoms with E-state index in [4.69, 9.17) is 0 Å². The van der Waals surface area contributed by atoms with E-state index in [0.717, 1.165) is 50.5 Å². The molecule has 0 spiro atoms. The van der Waals surface area contributed by atoms with Gasteiger partial charge in [-0.2, -0.15) is 0 Å². The van der Waals surface area contributed by atoms with Crippen molar-refractivity contribution in [1.29, 1.82) is 0 Å². The first-order valence-electron chi connectivity index (χ1n) is 17.1. The Kier molecular flexibility index (Phi) is 21.9. The topological polar surface area (TPSA) is 36.4 Å². The van der Waals surface area contributed by atoms with Gasteiger partial charge in [-0.1, -0.05) is 147 Å². The molecule has 234 valence electrons. The minimum atomic E-state index is 0. The molecule has 0 radical (unpaired) electrons. The quantitative estimate of drug-likeness (QED) is 0.0316. The Morgan fingerprint density at radius 3 is 1.83 bits per heavy atom. The molecule has 0 heterocycles. The summed E-state index contributed by atoms with van der Waals surface area (Å²) in [6.45, 7) is 9.07. The van der Waals surface area contributed by atoms with Crippen LogP contribution in [0.2, 0.25) is 0 Å². The molecule has 0 fully saturated rings. The summed E-state index contributed by atoms with van der Waals surface area (Å²) in [5.74, 6) is 3.06. The van der Waals surface area contributed by atoms with Crippen LogP contribution in [0.1, 0.15) is 159 Å². The van der Waals surface area contributed by atoms with Crippen LogP contribution in [0.4, 0.5) is 0 Å². The van der Waals surface area contributed by atoms with E-state index in [1.54, 1.807) is 0 Å². The number of rotatable bonds is 22. The van der Waals surface area contributed by atoms with Crippen molar-refractivity contribution in [1.82, 2.24) is 0 Å². The second-order valence-corrected chi connectivity index (χ2v) is 11.8. The Morgan fingerprint density at radius 1 is 0.595 bits per heavy atom. The van der Waals surface area contributed by atoms with Crippen LogP contribution in [-0.4, -0.2) is 10.7 Å². The van der Waals surface area contributed by atoms with E-state index < -0.39 is 0 Å². The smallest absolute Gasteiger partial charge is 0.303 e. The third-order valence-electron chi connectivity index (χ3n) is 8.26. The third kappa shape index (κ3) is 14.3. The normalized spacial score (nSPS) is 11.3. The molecule has 0 aliphatic carbocycles. The molecule has 0 atom stereocenters. The van der Waals surface area contributed by atoms with Crippen molar-refractivity contribution in [3.05, 3.63) is 87.5 Å².